The first-order chi connectivity index (χ1) is 15.2. The molecule has 0 radical (unpaired) electrons. The van der Waals surface area contributed by atoms with Gasteiger partial charge in [-0.25, -0.2) is 0 Å². The molecule has 1 aromatic carbocycles. The zero-order chi connectivity index (χ0) is 23.7. The second kappa shape index (κ2) is 12.2. The van der Waals surface area contributed by atoms with Gasteiger partial charge in [-0.2, -0.15) is 0 Å². The highest BCUT2D eigenvalue weighted by Crippen LogP contribution is 2.34. The second-order valence-corrected chi connectivity index (χ2v) is 8.32. The third-order valence-electron chi connectivity index (χ3n) is 4.53. The summed E-state index contributed by atoms with van der Waals surface area (Å²) in [6.45, 7) is 8.59. The average Bonchev–Trinajstić information content (AvgIpc) is 2.75. The molecule has 1 aliphatic rings. The van der Waals surface area contributed by atoms with Crippen molar-refractivity contribution in [2.75, 3.05) is 41.0 Å². The van der Waals surface area contributed by atoms with E-state index in [-0.39, 0.29) is 30.7 Å². The van der Waals surface area contributed by atoms with Gasteiger partial charge in [0, 0.05) is 20.3 Å². The lowest BCUT2D eigenvalue weighted by atomic mass is 9.98. The normalized spacial score (nSPS) is 15.8. The lowest BCUT2D eigenvalue weighted by Gasteiger charge is -2.35. The minimum atomic E-state index is -0.618. The topological polar surface area (TPSA) is 109 Å². The molecule has 0 bridgehead atoms. The molecule has 32 heavy (non-hydrogen) atoms. The molecule has 0 unspecified atom stereocenters. The number of hydrogen-bond acceptors (Lipinski definition) is 8. The number of nitrogens with one attached hydrogen (secondary N) is 3. The number of carbonyl (C=O) groups is 1. The summed E-state index contributed by atoms with van der Waals surface area (Å²) >= 11 is 5.27. The van der Waals surface area contributed by atoms with Gasteiger partial charge in [0.15, 0.2) is 24.5 Å². The van der Waals surface area contributed by atoms with Crippen molar-refractivity contribution in [3.8, 4) is 11.5 Å². The van der Waals surface area contributed by atoms with Gasteiger partial charge in [-0.1, -0.05) is 13.8 Å². The standard InChI is InChI=1S/C21H33N3O7S/c1-13(2)15-7-16(18(29-12-27-6)8-17(15)28-11-26-5)19(25)23-24-20(32)22-14-9-30-21(3,4)31-10-14/h7-8,13-14H,9-12H2,1-6H3,(H,23,25)(H2,22,24,32). The number of thiocarbonyl (C=S) groups is 1. The van der Waals surface area contributed by atoms with Gasteiger partial charge in [-0.05, 0) is 43.6 Å². The highest BCUT2D eigenvalue weighted by atomic mass is 32.1. The number of ether oxygens (including phenoxy) is 6. The van der Waals surface area contributed by atoms with Crippen molar-refractivity contribution in [2.24, 2.45) is 0 Å². The van der Waals surface area contributed by atoms with Crippen LogP contribution in [-0.4, -0.2) is 63.9 Å². The van der Waals surface area contributed by atoms with E-state index in [1.165, 1.54) is 14.2 Å². The molecule has 0 atom stereocenters. The molecule has 1 amide bonds. The molecule has 1 heterocycles. The summed E-state index contributed by atoms with van der Waals surface area (Å²) in [7, 11) is 3.03. The Kier molecular flexibility index (Phi) is 9.91. The molecule has 0 aromatic heterocycles. The Morgan fingerprint density at radius 3 is 2.25 bits per heavy atom. The Morgan fingerprint density at radius 2 is 1.69 bits per heavy atom. The summed E-state index contributed by atoms with van der Waals surface area (Å²) in [6.07, 6.45) is 0. The third kappa shape index (κ3) is 7.75. The van der Waals surface area contributed by atoms with Gasteiger partial charge in [0.1, 0.15) is 11.5 Å². The van der Waals surface area contributed by atoms with Crippen LogP contribution in [0.15, 0.2) is 12.1 Å². The van der Waals surface area contributed by atoms with Crippen LogP contribution >= 0.6 is 12.2 Å². The van der Waals surface area contributed by atoms with Crippen molar-refractivity contribution < 1.29 is 33.2 Å². The van der Waals surface area contributed by atoms with Gasteiger partial charge in [-0.3, -0.25) is 15.6 Å². The van der Waals surface area contributed by atoms with Crippen molar-refractivity contribution in [3.63, 3.8) is 0 Å². The fourth-order valence-corrected chi connectivity index (χ4v) is 3.09. The van der Waals surface area contributed by atoms with Crippen molar-refractivity contribution in [1.82, 2.24) is 16.2 Å². The van der Waals surface area contributed by atoms with Gasteiger partial charge in [0.25, 0.3) is 5.91 Å². The van der Waals surface area contributed by atoms with E-state index >= 15 is 0 Å². The first-order valence-corrected chi connectivity index (χ1v) is 10.6. The largest absolute Gasteiger partial charge is 0.467 e. The smallest absolute Gasteiger partial charge is 0.273 e. The molecule has 180 valence electrons. The summed E-state index contributed by atoms with van der Waals surface area (Å²) in [5.74, 6) is -0.0894. The van der Waals surface area contributed by atoms with E-state index < -0.39 is 11.7 Å². The molecule has 10 nitrogen and oxygen atoms in total. The van der Waals surface area contributed by atoms with E-state index in [9.17, 15) is 4.79 Å². The zero-order valence-corrected chi connectivity index (χ0v) is 20.2. The fourth-order valence-electron chi connectivity index (χ4n) is 2.87. The number of carbonyl (C=O) groups excluding carboxylic acids is 1. The maximum Gasteiger partial charge on any atom is 0.273 e. The number of benzene rings is 1. The van der Waals surface area contributed by atoms with Gasteiger partial charge in [-0.15, -0.1) is 0 Å². The molecular weight excluding hydrogens is 438 g/mol. The van der Waals surface area contributed by atoms with Crippen molar-refractivity contribution in [1.29, 1.82) is 0 Å². The summed E-state index contributed by atoms with van der Waals surface area (Å²) in [5.41, 5.74) is 6.42. The Labute approximate surface area is 194 Å². The summed E-state index contributed by atoms with van der Waals surface area (Å²) in [6, 6.07) is 3.24. The van der Waals surface area contributed by atoms with Crippen LogP contribution in [0.1, 0.15) is 49.5 Å². The van der Waals surface area contributed by atoms with Gasteiger partial charge >= 0.3 is 0 Å². The minimum absolute atomic E-state index is 0.0313. The molecule has 0 spiro atoms. The van der Waals surface area contributed by atoms with Crippen LogP contribution in [0, 0.1) is 0 Å². The maximum absolute atomic E-state index is 12.9. The molecule has 1 aliphatic heterocycles. The van der Waals surface area contributed by atoms with Gasteiger partial charge < -0.3 is 33.7 Å². The fraction of sp³-hybridized carbons (Fsp3) is 0.619. The van der Waals surface area contributed by atoms with Crippen molar-refractivity contribution >= 4 is 23.2 Å². The summed E-state index contributed by atoms with van der Waals surface area (Å²) in [5, 5.41) is 3.28. The first-order valence-electron chi connectivity index (χ1n) is 10.2. The Bertz CT molecular complexity index is 779. The Morgan fingerprint density at radius 1 is 1.09 bits per heavy atom. The van der Waals surface area contributed by atoms with E-state index in [0.29, 0.717) is 30.3 Å². The van der Waals surface area contributed by atoms with Crippen LogP contribution in [0.2, 0.25) is 0 Å². The number of hydrogen-bond donors (Lipinski definition) is 3. The number of methoxy groups -OCH3 is 2. The SMILES string of the molecule is COCOc1cc(OCOC)c(C(C)C)cc1C(=O)NNC(=S)NC1COC(C)(C)OC1. The molecule has 3 N–H and O–H groups in total. The summed E-state index contributed by atoms with van der Waals surface area (Å²) in [4.78, 5) is 12.9. The van der Waals surface area contributed by atoms with Crippen LogP contribution in [0.25, 0.3) is 0 Å². The molecule has 1 aromatic rings. The predicted molar refractivity (Wildman–Crippen MR) is 122 cm³/mol. The van der Waals surface area contributed by atoms with Crippen LogP contribution in [0.4, 0.5) is 0 Å². The predicted octanol–water partition coefficient (Wildman–Crippen LogP) is 2.04. The molecule has 0 aliphatic carbocycles. The van der Waals surface area contributed by atoms with Crippen molar-refractivity contribution in [3.05, 3.63) is 23.3 Å². The van der Waals surface area contributed by atoms with E-state index in [4.69, 9.17) is 40.6 Å². The maximum atomic E-state index is 12.9. The minimum Gasteiger partial charge on any atom is -0.467 e. The van der Waals surface area contributed by atoms with E-state index in [2.05, 4.69) is 16.2 Å². The Hall–Kier alpha value is -2.18. The van der Waals surface area contributed by atoms with Crippen LogP contribution in [0.3, 0.4) is 0 Å². The van der Waals surface area contributed by atoms with E-state index in [0.717, 1.165) is 5.56 Å². The monoisotopic (exact) mass is 471 g/mol. The lowest BCUT2D eigenvalue weighted by Crippen LogP contribution is -2.55. The average molecular weight is 472 g/mol. The highest BCUT2D eigenvalue weighted by Gasteiger charge is 2.28. The molecule has 2 rings (SSSR count). The first kappa shape index (κ1) is 26.1. The van der Waals surface area contributed by atoms with Crippen molar-refractivity contribution in [2.45, 2.75) is 45.4 Å². The number of hydrazine groups is 1. The molecule has 1 saturated heterocycles. The molecule has 11 heteroatoms. The molecular formula is C21H33N3O7S. The zero-order valence-electron chi connectivity index (χ0n) is 19.4. The Balaban J connectivity index is 2.07. The number of amides is 1. The second-order valence-electron chi connectivity index (χ2n) is 7.91. The van der Waals surface area contributed by atoms with E-state index in [1.807, 2.05) is 27.7 Å². The molecule has 1 fully saturated rings. The molecule has 0 saturated carbocycles. The van der Waals surface area contributed by atoms with Crippen LogP contribution < -0.4 is 25.6 Å². The summed E-state index contributed by atoms with van der Waals surface area (Å²) < 4.78 is 32.4. The lowest BCUT2D eigenvalue weighted by molar-refractivity contribution is -0.251. The van der Waals surface area contributed by atoms with Crippen LogP contribution in [0.5, 0.6) is 11.5 Å². The van der Waals surface area contributed by atoms with Crippen LogP contribution in [-0.2, 0) is 18.9 Å². The van der Waals surface area contributed by atoms with Gasteiger partial charge in [0.2, 0.25) is 0 Å². The third-order valence-corrected chi connectivity index (χ3v) is 4.75. The highest BCUT2D eigenvalue weighted by molar-refractivity contribution is 7.80. The van der Waals surface area contributed by atoms with Gasteiger partial charge in [0.05, 0.1) is 24.8 Å². The van der Waals surface area contributed by atoms with E-state index in [1.54, 1.807) is 12.1 Å². The number of rotatable bonds is 9. The quantitative estimate of drug-likeness (QED) is 0.281.